The van der Waals surface area contributed by atoms with E-state index in [1.807, 2.05) is 31.2 Å². The molecular formula is C15H23NO3S. The molecule has 20 heavy (non-hydrogen) atoms. The van der Waals surface area contributed by atoms with Crippen molar-refractivity contribution in [3.05, 3.63) is 29.8 Å². The van der Waals surface area contributed by atoms with Gasteiger partial charge in [-0.1, -0.05) is 26.0 Å². The van der Waals surface area contributed by atoms with Gasteiger partial charge in [-0.25, -0.2) is 8.42 Å². The lowest BCUT2D eigenvalue weighted by Gasteiger charge is -2.30. The molecule has 112 valence electrons. The summed E-state index contributed by atoms with van der Waals surface area (Å²) in [6.07, 6.45) is 1.80. The molecule has 0 spiro atoms. The predicted octanol–water partition coefficient (Wildman–Crippen LogP) is 2.31. The van der Waals surface area contributed by atoms with Crippen molar-refractivity contribution in [2.75, 3.05) is 18.1 Å². The Morgan fingerprint density at radius 2 is 1.90 bits per heavy atom. The lowest BCUT2D eigenvalue weighted by molar-refractivity contribution is 0.317. The van der Waals surface area contributed by atoms with Gasteiger partial charge < -0.3 is 10.1 Å². The molecule has 2 unspecified atom stereocenters. The Bertz CT molecular complexity index is 525. The summed E-state index contributed by atoms with van der Waals surface area (Å²) >= 11 is 0. The van der Waals surface area contributed by atoms with Crippen LogP contribution in [0, 0.1) is 0 Å². The molecular weight excluding hydrogens is 274 g/mol. The number of rotatable bonds is 5. The summed E-state index contributed by atoms with van der Waals surface area (Å²) in [5.41, 5.74) is 1.01. The van der Waals surface area contributed by atoms with E-state index in [1.165, 1.54) is 0 Å². The lowest BCUT2D eigenvalue weighted by Crippen LogP contribution is -2.46. The molecule has 1 aliphatic heterocycles. The highest BCUT2D eigenvalue weighted by molar-refractivity contribution is 7.91. The maximum absolute atomic E-state index is 11.9. The fraction of sp³-hybridized carbons (Fsp3) is 0.600. The SMILES string of the molecule is CCCOc1ccc(C2CS(=O)(=O)CC(CC)N2)cc1. The van der Waals surface area contributed by atoms with Crippen LogP contribution >= 0.6 is 0 Å². The van der Waals surface area contributed by atoms with E-state index in [4.69, 9.17) is 4.74 Å². The Balaban J connectivity index is 2.10. The van der Waals surface area contributed by atoms with E-state index < -0.39 is 9.84 Å². The van der Waals surface area contributed by atoms with E-state index in [9.17, 15) is 8.42 Å². The van der Waals surface area contributed by atoms with Crippen molar-refractivity contribution in [1.82, 2.24) is 5.32 Å². The molecule has 4 nitrogen and oxygen atoms in total. The summed E-state index contributed by atoms with van der Waals surface area (Å²) in [4.78, 5) is 0. The second kappa shape index (κ2) is 6.59. The van der Waals surface area contributed by atoms with E-state index >= 15 is 0 Å². The van der Waals surface area contributed by atoms with Crippen molar-refractivity contribution in [1.29, 1.82) is 0 Å². The number of hydrogen-bond acceptors (Lipinski definition) is 4. The van der Waals surface area contributed by atoms with Gasteiger partial charge in [0, 0.05) is 12.1 Å². The van der Waals surface area contributed by atoms with Crippen LogP contribution in [0.5, 0.6) is 5.75 Å². The first-order valence-corrected chi connectivity index (χ1v) is 9.05. The highest BCUT2D eigenvalue weighted by atomic mass is 32.2. The topological polar surface area (TPSA) is 55.4 Å². The quantitative estimate of drug-likeness (QED) is 0.906. The van der Waals surface area contributed by atoms with Crippen LogP contribution in [0.1, 0.15) is 38.3 Å². The fourth-order valence-corrected chi connectivity index (χ4v) is 4.33. The summed E-state index contributed by atoms with van der Waals surface area (Å²) < 4.78 is 29.4. The second-order valence-electron chi connectivity index (χ2n) is 5.32. The minimum Gasteiger partial charge on any atom is -0.494 e. The van der Waals surface area contributed by atoms with Gasteiger partial charge in [0.25, 0.3) is 0 Å². The van der Waals surface area contributed by atoms with Crippen molar-refractivity contribution in [2.45, 2.75) is 38.8 Å². The maximum atomic E-state index is 11.9. The Kier molecular flexibility index (Phi) is 5.05. The van der Waals surface area contributed by atoms with Crippen molar-refractivity contribution in [3.63, 3.8) is 0 Å². The lowest BCUT2D eigenvalue weighted by atomic mass is 10.1. The van der Waals surface area contributed by atoms with Crippen molar-refractivity contribution < 1.29 is 13.2 Å². The molecule has 1 aliphatic rings. The summed E-state index contributed by atoms with van der Waals surface area (Å²) in [5, 5.41) is 3.42. The van der Waals surface area contributed by atoms with Crippen LogP contribution in [0.4, 0.5) is 0 Å². The minimum atomic E-state index is -2.96. The third-order valence-electron chi connectivity index (χ3n) is 3.56. The molecule has 0 saturated carbocycles. The Labute approximate surface area is 121 Å². The van der Waals surface area contributed by atoms with Gasteiger partial charge in [-0.3, -0.25) is 0 Å². The number of nitrogens with one attached hydrogen (secondary N) is 1. The number of sulfone groups is 1. The normalized spacial score (nSPS) is 25.3. The van der Waals surface area contributed by atoms with Crippen LogP contribution in [0.3, 0.4) is 0 Å². The van der Waals surface area contributed by atoms with Crippen molar-refractivity contribution in [3.8, 4) is 5.75 Å². The molecule has 0 radical (unpaired) electrons. The third kappa shape index (κ3) is 3.96. The number of hydrogen-bond donors (Lipinski definition) is 1. The van der Waals surface area contributed by atoms with Crippen LogP contribution in [-0.4, -0.2) is 32.6 Å². The number of ether oxygens (including phenoxy) is 1. The molecule has 0 amide bonds. The largest absolute Gasteiger partial charge is 0.494 e. The van der Waals surface area contributed by atoms with Crippen LogP contribution in [-0.2, 0) is 9.84 Å². The van der Waals surface area contributed by atoms with Gasteiger partial charge in [0.2, 0.25) is 0 Å². The summed E-state index contributed by atoms with van der Waals surface area (Å²) in [6, 6.07) is 7.67. The van der Waals surface area contributed by atoms with Gasteiger partial charge in [-0.05, 0) is 30.5 Å². The molecule has 2 atom stereocenters. The highest BCUT2D eigenvalue weighted by Gasteiger charge is 2.30. The first kappa shape index (κ1) is 15.3. The zero-order chi connectivity index (χ0) is 14.6. The maximum Gasteiger partial charge on any atom is 0.153 e. The zero-order valence-corrected chi connectivity index (χ0v) is 12.9. The van der Waals surface area contributed by atoms with Gasteiger partial charge in [0.15, 0.2) is 9.84 Å². The Hall–Kier alpha value is -1.07. The van der Waals surface area contributed by atoms with Gasteiger partial charge in [-0.2, -0.15) is 0 Å². The molecule has 1 N–H and O–H groups in total. The van der Waals surface area contributed by atoms with Crippen LogP contribution in [0.2, 0.25) is 0 Å². The van der Waals surface area contributed by atoms with E-state index in [-0.39, 0.29) is 23.6 Å². The molecule has 1 saturated heterocycles. The van der Waals surface area contributed by atoms with Crippen LogP contribution < -0.4 is 10.1 Å². The molecule has 1 aromatic rings. The minimum absolute atomic E-state index is 0.0507. The van der Waals surface area contributed by atoms with E-state index in [0.29, 0.717) is 6.61 Å². The first-order chi connectivity index (χ1) is 9.54. The van der Waals surface area contributed by atoms with Crippen molar-refractivity contribution in [2.24, 2.45) is 0 Å². The first-order valence-electron chi connectivity index (χ1n) is 7.23. The van der Waals surface area contributed by atoms with E-state index in [2.05, 4.69) is 12.2 Å². The summed E-state index contributed by atoms with van der Waals surface area (Å²) in [7, 11) is -2.96. The molecule has 1 heterocycles. The van der Waals surface area contributed by atoms with Gasteiger partial charge in [0.05, 0.1) is 18.1 Å². The zero-order valence-electron chi connectivity index (χ0n) is 12.1. The Morgan fingerprint density at radius 1 is 1.20 bits per heavy atom. The smallest absolute Gasteiger partial charge is 0.153 e. The van der Waals surface area contributed by atoms with Gasteiger partial charge in [-0.15, -0.1) is 0 Å². The standard InChI is InChI=1S/C15H23NO3S/c1-3-9-19-14-7-5-12(6-8-14)15-11-20(17,18)10-13(4-2)16-15/h5-8,13,15-16H,3-4,9-11H2,1-2H3. The fourth-order valence-electron chi connectivity index (χ4n) is 2.45. The monoisotopic (exact) mass is 297 g/mol. The average Bonchev–Trinajstić information content (AvgIpc) is 2.44. The van der Waals surface area contributed by atoms with Crippen molar-refractivity contribution >= 4 is 9.84 Å². The Morgan fingerprint density at radius 3 is 2.50 bits per heavy atom. The highest BCUT2D eigenvalue weighted by Crippen LogP contribution is 2.24. The van der Waals surface area contributed by atoms with E-state index in [1.54, 1.807) is 0 Å². The van der Waals surface area contributed by atoms with E-state index in [0.717, 1.165) is 24.2 Å². The third-order valence-corrected chi connectivity index (χ3v) is 5.31. The second-order valence-corrected chi connectivity index (χ2v) is 7.47. The molecule has 5 heteroatoms. The molecule has 1 aromatic carbocycles. The number of benzene rings is 1. The molecule has 0 bridgehead atoms. The average molecular weight is 297 g/mol. The summed E-state index contributed by atoms with van der Waals surface area (Å²) in [6.45, 7) is 4.78. The molecule has 1 fully saturated rings. The molecule has 2 rings (SSSR count). The van der Waals surface area contributed by atoms with Gasteiger partial charge >= 0.3 is 0 Å². The summed E-state index contributed by atoms with van der Waals surface area (Å²) in [5.74, 6) is 1.26. The molecule has 0 aromatic heterocycles. The molecule has 0 aliphatic carbocycles. The van der Waals surface area contributed by atoms with Gasteiger partial charge in [0.1, 0.15) is 5.75 Å². The predicted molar refractivity (Wildman–Crippen MR) is 80.8 cm³/mol. The van der Waals surface area contributed by atoms with Crippen LogP contribution in [0.25, 0.3) is 0 Å². The van der Waals surface area contributed by atoms with Crippen LogP contribution in [0.15, 0.2) is 24.3 Å².